The zero-order valence-corrected chi connectivity index (χ0v) is 12.9. The summed E-state index contributed by atoms with van der Waals surface area (Å²) in [5.74, 6) is -0.849. The highest BCUT2D eigenvalue weighted by atomic mass is 32.1. The van der Waals surface area contributed by atoms with Crippen LogP contribution < -0.4 is 5.32 Å². The van der Waals surface area contributed by atoms with Crippen LogP contribution in [-0.2, 0) is 6.18 Å². The fraction of sp³-hybridized carbons (Fsp3) is 0.0625. The van der Waals surface area contributed by atoms with Crippen LogP contribution in [0.15, 0.2) is 54.2 Å². The topological polar surface area (TPSA) is 54.9 Å². The largest absolute Gasteiger partial charge is 0.417 e. The lowest BCUT2D eigenvalue weighted by atomic mass is 10.1. The number of pyridine rings is 1. The molecule has 4 nitrogen and oxygen atoms in total. The van der Waals surface area contributed by atoms with E-state index in [-0.39, 0.29) is 5.13 Å². The Morgan fingerprint density at radius 3 is 2.50 bits per heavy atom. The Kier molecular flexibility index (Phi) is 4.30. The molecule has 1 amide bonds. The van der Waals surface area contributed by atoms with Gasteiger partial charge in [0, 0.05) is 23.3 Å². The first kappa shape index (κ1) is 16.1. The summed E-state index contributed by atoms with van der Waals surface area (Å²) in [7, 11) is 0. The van der Waals surface area contributed by atoms with Crippen LogP contribution in [0.4, 0.5) is 18.3 Å². The SMILES string of the molecule is O=C(Nc1nc(-c2ccncc2)cs1)c1ccccc1C(F)(F)F. The molecule has 0 saturated heterocycles. The molecule has 0 aliphatic rings. The van der Waals surface area contributed by atoms with Gasteiger partial charge < -0.3 is 0 Å². The van der Waals surface area contributed by atoms with Crippen LogP contribution in [0.25, 0.3) is 11.3 Å². The van der Waals surface area contributed by atoms with Crippen molar-refractivity contribution in [1.29, 1.82) is 0 Å². The molecule has 0 spiro atoms. The average Bonchev–Trinajstić information content (AvgIpc) is 3.03. The van der Waals surface area contributed by atoms with Gasteiger partial charge in [-0.05, 0) is 24.3 Å². The second kappa shape index (κ2) is 6.40. The summed E-state index contributed by atoms with van der Waals surface area (Å²) in [5, 5.41) is 4.35. The van der Waals surface area contributed by atoms with E-state index >= 15 is 0 Å². The van der Waals surface area contributed by atoms with Gasteiger partial charge in [-0.15, -0.1) is 11.3 Å². The highest BCUT2D eigenvalue weighted by Gasteiger charge is 2.34. The molecule has 0 saturated carbocycles. The summed E-state index contributed by atoms with van der Waals surface area (Å²) in [6.45, 7) is 0. The normalized spacial score (nSPS) is 11.3. The van der Waals surface area contributed by atoms with Crippen molar-refractivity contribution in [2.75, 3.05) is 5.32 Å². The van der Waals surface area contributed by atoms with Gasteiger partial charge >= 0.3 is 6.18 Å². The van der Waals surface area contributed by atoms with Crippen molar-refractivity contribution in [3.63, 3.8) is 0 Å². The van der Waals surface area contributed by atoms with Gasteiger partial charge in [-0.3, -0.25) is 15.1 Å². The Bertz CT molecular complexity index is 862. The van der Waals surface area contributed by atoms with Crippen LogP contribution >= 0.6 is 11.3 Å². The van der Waals surface area contributed by atoms with Crippen LogP contribution in [0.2, 0.25) is 0 Å². The molecule has 122 valence electrons. The van der Waals surface area contributed by atoms with Crippen molar-refractivity contribution < 1.29 is 18.0 Å². The van der Waals surface area contributed by atoms with Crippen LogP contribution in [0.5, 0.6) is 0 Å². The first-order valence-electron chi connectivity index (χ1n) is 6.78. The van der Waals surface area contributed by atoms with E-state index in [1.54, 1.807) is 29.9 Å². The number of halogens is 3. The molecule has 8 heteroatoms. The van der Waals surface area contributed by atoms with Gasteiger partial charge in [0.25, 0.3) is 5.91 Å². The van der Waals surface area contributed by atoms with E-state index in [2.05, 4.69) is 15.3 Å². The molecule has 3 aromatic rings. The van der Waals surface area contributed by atoms with E-state index in [0.29, 0.717) is 5.69 Å². The summed E-state index contributed by atoms with van der Waals surface area (Å²) in [4.78, 5) is 20.3. The Morgan fingerprint density at radius 1 is 1.08 bits per heavy atom. The molecule has 0 aliphatic carbocycles. The number of aromatic nitrogens is 2. The van der Waals surface area contributed by atoms with Crippen LogP contribution in [0.1, 0.15) is 15.9 Å². The van der Waals surface area contributed by atoms with E-state index in [9.17, 15) is 18.0 Å². The number of alkyl halides is 3. The van der Waals surface area contributed by atoms with E-state index < -0.39 is 23.2 Å². The van der Waals surface area contributed by atoms with Crippen LogP contribution in [-0.4, -0.2) is 15.9 Å². The van der Waals surface area contributed by atoms with E-state index in [1.807, 2.05) is 0 Å². The lowest BCUT2D eigenvalue weighted by Gasteiger charge is -2.11. The number of amides is 1. The standard InChI is InChI=1S/C16H10F3N3OS/c17-16(18,19)12-4-2-1-3-11(12)14(23)22-15-21-13(9-24-15)10-5-7-20-8-6-10/h1-9H,(H,21,22,23). The summed E-state index contributed by atoms with van der Waals surface area (Å²) in [6, 6.07) is 8.13. The molecule has 0 unspecified atom stereocenters. The van der Waals surface area contributed by atoms with Gasteiger partial charge in [-0.1, -0.05) is 12.1 Å². The summed E-state index contributed by atoms with van der Waals surface area (Å²) < 4.78 is 38.9. The number of anilines is 1. The number of benzene rings is 1. The minimum atomic E-state index is -4.60. The number of thiazole rings is 1. The fourth-order valence-electron chi connectivity index (χ4n) is 2.08. The number of nitrogens with zero attached hydrogens (tertiary/aromatic N) is 2. The van der Waals surface area contributed by atoms with Gasteiger partial charge in [0.1, 0.15) is 0 Å². The average molecular weight is 349 g/mol. The van der Waals surface area contributed by atoms with Gasteiger partial charge in [0.2, 0.25) is 0 Å². The maximum Gasteiger partial charge on any atom is 0.417 e. The summed E-state index contributed by atoms with van der Waals surface area (Å²) in [5.41, 5.74) is -0.00155. The van der Waals surface area contributed by atoms with Crippen molar-refractivity contribution >= 4 is 22.4 Å². The number of carbonyl (C=O) groups is 1. The van der Waals surface area contributed by atoms with E-state index in [1.165, 1.54) is 12.1 Å². The second-order valence-corrected chi connectivity index (χ2v) is 5.63. The maximum absolute atomic E-state index is 13.0. The van der Waals surface area contributed by atoms with Gasteiger partial charge in [-0.2, -0.15) is 13.2 Å². The van der Waals surface area contributed by atoms with Crippen molar-refractivity contribution in [1.82, 2.24) is 9.97 Å². The molecule has 3 rings (SSSR count). The van der Waals surface area contributed by atoms with E-state index in [0.717, 1.165) is 29.0 Å². The van der Waals surface area contributed by atoms with Crippen molar-refractivity contribution in [3.05, 3.63) is 65.3 Å². The number of rotatable bonds is 3. The third kappa shape index (κ3) is 3.43. The smallest absolute Gasteiger partial charge is 0.298 e. The predicted molar refractivity (Wildman–Crippen MR) is 84.7 cm³/mol. The van der Waals surface area contributed by atoms with Crippen molar-refractivity contribution in [3.8, 4) is 11.3 Å². The van der Waals surface area contributed by atoms with Crippen LogP contribution in [0, 0.1) is 0 Å². The molecule has 0 aliphatic heterocycles. The van der Waals surface area contributed by atoms with Gasteiger partial charge in [-0.25, -0.2) is 4.98 Å². The lowest BCUT2D eigenvalue weighted by Crippen LogP contribution is -2.18. The number of carbonyl (C=O) groups excluding carboxylic acids is 1. The van der Waals surface area contributed by atoms with Crippen molar-refractivity contribution in [2.45, 2.75) is 6.18 Å². The molecule has 0 radical (unpaired) electrons. The Balaban J connectivity index is 1.83. The van der Waals surface area contributed by atoms with Crippen LogP contribution in [0.3, 0.4) is 0 Å². The zero-order chi connectivity index (χ0) is 17.2. The molecule has 1 N–H and O–H groups in total. The van der Waals surface area contributed by atoms with Crippen molar-refractivity contribution in [2.24, 2.45) is 0 Å². The molecule has 0 fully saturated rings. The Hall–Kier alpha value is -2.74. The molecular formula is C16H10F3N3OS. The molecule has 1 aromatic carbocycles. The quantitative estimate of drug-likeness (QED) is 0.759. The minimum Gasteiger partial charge on any atom is -0.298 e. The highest BCUT2D eigenvalue weighted by Crippen LogP contribution is 2.32. The third-order valence-electron chi connectivity index (χ3n) is 3.18. The monoisotopic (exact) mass is 349 g/mol. The Morgan fingerprint density at radius 2 is 1.79 bits per heavy atom. The lowest BCUT2D eigenvalue weighted by molar-refractivity contribution is -0.137. The molecule has 0 atom stereocenters. The first-order chi connectivity index (χ1) is 11.4. The zero-order valence-electron chi connectivity index (χ0n) is 12.0. The van der Waals surface area contributed by atoms with Gasteiger partial charge in [0.05, 0.1) is 16.8 Å². The minimum absolute atomic E-state index is 0.226. The van der Waals surface area contributed by atoms with E-state index in [4.69, 9.17) is 0 Å². The summed E-state index contributed by atoms with van der Waals surface area (Å²) >= 11 is 1.14. The first-order valence-corrected chi connectivity index (χ1v) is 7.66. The molecule has 0 bridgehead atoms. The third-order valence-corrected chi connectivity index (χ3v) is 3.94. The molecule has 2 aromatic heterocycles. The molecule has 24 heavy (non-hydrogen) atoms. The number of nitrogens with one attached hydrogen (secondary N) is 1. The molecular weight excluding hydrogens is 339 g/mol. The molecule has 2 heterocycles. The highest BCUT2D eigenvalue weighted by molar-refractivity contribution is 7.14. The Labute approximate surface area is 139 Å². The summed E-state index contributed by atoms with van der Waals surface area (Å²) in [6.07, 6.45) is -1.39. The van der Waals surface area contributed by atoms with Gasteiger partial charge in [0.15, 0.2) is 5.13 Å². The maximum atomic E-state index is 13.0. The predicted octanol–water partition coefficient (Wildman–Crippen LogP) is 4.48. The number of hydrogen-bond acceptors (Lipinski definition) is 4. The fourth-order valence-corrected chi connectivity index (χ4v) is 2.79. The number of hydrogen-bond donors (Lipinski definition) is 1. The second-order valence-electron chi connectivity index (χ2n) is 4.77.